The molecular formula is C21H22ClNO3S. The maximum atomic E-state index is 12.8. The van der Waals surface area contributed by atoms with E-state index in [2.05, 4.69) is 0 Å². The number of nitrogens with zero attached hydrogens (tertiary/aromatic N) is 1. The number of rotatable bonds is 6. The highest BCUT2D eigenvalue weighted by Gasteiger charge is 2.33. The molecule has 0 spiro atoms. The van der Waals surface area contributed by atoms with Crippen LogP contribution >= 0.6 is 11.6 Å². The van der Waals surface area contributed by atoms with Gasteiger partial charge in [0.2, 0.25) is 5.91 Å². The summed E-state index contributed by atoms with van der Waals surface area (Å²) < 4.78 is 23.8. The zero-order chi connectivity index (χ0) is 19.3. The minimum absolute atomic E-state index is 0.0352. The van der Waals surface area contributed by atoms with Crippen LogP contribution in [-0.2, 0) is 21.1 Å². The summed E-state index contributed by atoms with van der Waals surface area (Å²) in [4.78, 5) is 14.5. The van der Waals surface area contributed by atoms with Crippen LogP contribution in [0, 0.1) is 0 Å². The Balaban J connectivity index is 1.76. The van der Waals surface area contributed by atoms with Gasteiger partial charge in [0.1, 0.15) is 0 Å². The molecule has 0 saturated carbocycles. The van der Waals surface area contributed by atoms with Crippen molar-refractivity contribution in [1.82, 2.24) is 4.90 Å². The number of carbonyl (C=O) groups is 1. The molecule has 0 radical (unpaired) electrons. The van der Waals surface area contributed by atoms with Crippen molar-refractivity contribution >= 4 is 33.4 Å². The van der Waals surface area contributed by atoms with E-state index in [1.807, 2.05) is 48.5 Å². The van der Waals surface area contributed by atoms with E-state index in [1.54, 1.807) is 17.0 Å². The van der Waals surface area contributed by atoms with Gasteiger partial charge in [0.05, 0.1) is 11.5 Å². The summed E-state index contributed by atoms with van der Waals surface area (Å²) in [5.74, 6) is -0.0120. The molecule has 1 unspecified atom stereocenters. The highest BCUT2D eigenvalue weighted by molar-refractivity contribution is 7.91. The summed E-state index contributed by atoms with van der Waals surface area (Å²) in [6.07, 6.45) is 4.34. The van der Waals surface area contributed by atoms with Crippen molar-refractivity contribution in [2.75, 3.05) is 18.1 Å². The Morgan fingerprint density at radius 1 is 1.11 bits per heavy atom. The predicted molar refractivity (Wildman–Crippen MR) is 109 cm³/mol. The number of hydrogen-bond donors (Lipinski definition) is 0. The molecule has 142 valence electrons. The van der Waals surface area contributed by atoms with Gasteiger partial charge in [0.25, 0.3) is 0 Å². The maximum absolute atomic E-state index is 12.8. The monoisotopic (exact) mass is 403 g/mol. The van der Waals surface area contributed by atoms with Crippen molar-refractivity contribution in [1.29, 1.82) is 0 Å². The first kappa shape index (κ1) is 19.6. The van der Waals surface area contributed by atoms with Gasteiger partial charge in [-0.2, -0.15) is 0 Å². The first-order valence-electron chi connectivity index (χ1n) is 8.92. The van der Waals surface area contributed by atoms with Crippen LogP contribution in [0.1, 0.15) is 17.5 Å². The first-order chi connectivity index (χ1) is 12.9. The number of sulfone groups is 1. The van der Waals surface area contributed by atoms with Crippen molar-refractivity contribution in [3.05, 3.63) is 76.8 Å². The lowest BCUT2D eigenvalue weighted by Crippen LogP contribution is -2.41. The smallest absolute Gasteiger partial charge is 0.246 e. The van der Waals surface area contributed by atoms with E-state index in [0.717, 1.165) is 11.1 Å². The Kier molecular flexibility index (Phi) is 6.34. The van der Waals surface area contributed by atoms with Gasteiger partial charge in [-0.1, -0.05) is 60.1 Å². The third kappa shape index (κ3) is 5.44. The zero-order valence-corrected chi connectivity index (χ0v) is 16.5. The van der Waals surface area contributed by atoms with Gasteiger partial charge < -0.3 is 4.90 Å². The Labute approximate surface area is 165 Å². The van der Waals surface area contributed by atoms with Gasteiger partial charge in [-0.3, -0.25) is 4.79 Å². The first-order valence-corrected chi connectivity index (χ1v) is 11.1. The summed E-state index contributed by atoms with van der Waals surface area (Å²) in [6.45, 7) is 0.482. The molecule has 1 atom stereocenters. The molecule has 0 N–H and O–H groups in total. The van der Waals surface area contributed by atoms with Crippen LogP contribution in [0.5, 0.6) is 0 Å². The summed E-state index contributed by atoms with van der Waals surface area (Å²) in [5, 5.41) is 0.570. The van der Waals surface area contributed by atoms with Gasteiger partial charge in [-0.05, 0) is 36.1 Å². The SMILES string of the molecule is O=C(/C=C/c1ccccc1Cl)N(CCc1ccccc1)C1CCS(=O)(=O)C1. The normalized spacial score (nSPS) is 18.6. The number of amides is 1. The Morgan fingerprint density at radius 2 is 1.81 bits per heavy atom. The molecule has 0 aliphatic carbocycles. The fraction of sp³-hybridized carbons (Fsp3) is 0.286. The topological polar surface area (TPSA) is 54.5 Å². The molecule has 0 aromatic heterocycles. The quantitative estimate of drug-likeness (QED) is 0.692. The minimum Gasteiger partial charge on any atom is -0.335 e. The minimum atomic E-state index is -3.07. The molecule has 1 fully saturated rings. The molecule has 27 heavy (non-hydrogen) atoms. The van der Waals surface area contributed by atoms with E-state index in [1.165, 1.54) is 6.08 Å². The van der Waals surface area contributed by atoms with Crippen LogP contribution < -0.4 is 0 Å². The summed E-state index contributed by atoms with van der Waals surface area (Å²) >= 11 is 6.14. The molecular weight excluding hydrogens is 382 g/mol. The van der Waals surface area contributed by atoms with E-state index in [-0.39, 0.29) is 23.5 Å². The molecule has 6 heteroatoms. The van der Waals surface area contributed by atoms with Crippen molar-refractivity contribution in [3.8, 4) is 0 Å². The molecule has 1 aliphatic heterocycles. The van der Waals surface area contributed by atoms with Gasteiger partial charge in [0.15, 0.2) is 9.84 Å². The fourth-order valence-electron chi connectivity index (χ4n) is 3.26. The van der Waals surface area contributed by atoms with Crippen LogP contribution in [0.3, 0.4) is 0 Å². The average molecular weight is 404 g/mol. The molecule has 0 bridgehead atoms. The van der Waals surface area contributed by atoms with Crippen LogP contribution in [-0.4, -0.2) is 43.3 Å². The number of halogens is 1. The van der Waals surface area contributed by atoms with Crippen molar-refractivity contribution in [3.63, 3.8) is 0 Å². The largest absolute Gasteiger partial charge is 0.335 e. The van der Waals surface area contributed by atoms with Gasteiger partial charge >= 0.3 is 0 Å². The van der Waals surface area contributed by atoms with E-state index in [9.17, 15) is 13.2 Å². The summed E-state index contributed by atoms with van der Waals surface area (Å²) in [6, 6.07) is 16.9. The lowest BCUT2D eigenvalue weighted by Gasteiger charge is -2.27. The van der Waals surface area contributed by atoms with Crippen LogP contribution in [0.15, 0.2) is 60.7 Å². The highest BCUT2D eigenvalue weighted by atomic mass is 35.5. The standard InChI is InChI=1S/C21H22ClNO3S/c22-20-9-5-4-8-18(20)10-11-21(24)23(19-13-15-27(25,26)16-19)14-12-17-6-2-1-3-7-17/h1-11,19H,12-16H2/b11-10+. The number of carbonyl (C=O) groups excluding carboxylic acids is 1. The Morgan fingerprint density at radius 3 is 2.48 bits per heavy atom. The van der Waals surface area contributed by atoms with Crippen LogP contribution in [0.25, 0.3) is 6.08 Å². The van der Waals surface area contributed by atoms with Crippen LogP contribution in [0.2, 0.25) is 5.02 Å². The molecule has 2 aromatic carbocycles. The van der Waals surface area contributed by atoms with Crippen molar-refractivity contribution in [2.45, 2.75) is 18.9 Å². The van der Waals surface area contributed by atoms with E-state index < -0.39 is 9.84 Å². The van der Waals surface area contributed by atoms with Gasteiger partial charge in [0, 0.05) is 23.7 Å². The maximum Gasteiger partial charge on any atom is 0.246 e. The van der Waals surface area contributed by atoms with Gasteiger partial charge in [-0.15, -0.1) is 0 Å². The molecule has 4 nitrogen and oxygen atoms in total. The third-order valence-electron chi connectivity index (χ3n) is 4.73. The summed E-state index contributed by atoms with van der Waals surface area (Å²) in [5.41, 5.74) is 1.88. The molecule has 2 aromatic rings. The molecule has 3 rings (SSSR count). The molecule has 1 saturated heterocycles. The number of hydrogen-bond acceptors (Lipinski definition) is 3. The Hall–Kier alpha value is -2.11. The lowest BCUT2D eigenvalue weighted by molar-refractivity contribution is -0.127. The fourth-order valence-corrected chi connectivity index (χ4v) is 5.18. The number of benzene rings is 2. The molecule has 1 amide bonds. The zero-order valence-electron chi connectivity index (χ0n) is 14.9. The summed E-state index contributed by atoms with van der Waals surface area (Å²) in [7, 11) is -3.07. The molecule has 1 aliphatic rings. The van der Waals surface area contributed by atoms with Crippen LogP contribution in [0.4, 0.5) is 0 Å². The second-order valence-electron chi connectivity index (χ2n) is 6.68. The van der Waals surface area contributed by atoms with Crippen molar-refractivity contribution < 1.29 is 13.2 Å². The third-order valence-corrected chi connectivity index (χ3v) is 6.82. The average Bonchev–Trinajstić information content (AvgIpc) is 3.01. The van der Waals surface area contributed by atoms with Crippen molar-refractivity contribution in [2.24, 2.45) is 0 Å². The van der Waals surface area contributed by atoms with E-state index in [4.69, 9.17) is 11.6 Å². The van der Waals surface area contributed by atoms with E-state index >= 15 is 0 Å². The lowest BCUT2D eigenvalue weighted by atomic mass is 10.1. The molecule has 1 heterocycles. The van der Waals surface area contributed by atoms with E-state index in [0.29, 0.717) is 24.4 Å². The highest BCUT2D eigenvalue weighted by Crippen LogP contribution is 2.20. The predicted octanol–water partition coefficient (Wildman–Crippen LogP) is 3.61. The second kappa shape index (κ2) is 8.72. The Bertz CT molecular complexity index is 925. The van der Waals surface area contributed by atoms with Gasteiger partial charge in [-0.25, -0.2) is 8.42 Å². The second-order valence-corrected chi connectivity index (χ2v) is 9.31.